The zero-order chi connectivity index (χ0) is 21.4. The van der Waals surface area contributed by atoms with E-state index in [0.29, 0.717) is 6.54 Å². The van der Waals surface area contributed by atoms with Crippen LogP contribution in [0.1, 0.15) is 48.5 Å². The van der Waals surface area contributed by atoms with Crippen LogP contribution in [0.3, 0.4) is 0 Å². The second kappa shape index (κ2) is 8.17. The maximum absolute atomic E-state index is 13.3. The smallest absolute Gasteiger partial charge is 0.318 e. The lowest BCUT2D eigenvalue weighted by Gasteiger charge is -2.37. The molecule has 0 saturated heterocycles. The van der Waals surface area contributed by atoms with Crippen molar-refractivity contribution in [3.63, 3.8) is 0 Å². The summed E-state index contributed by atoms with van der Waals surface area (Å²) in [5.74, 6) is 1.65. The third-order valence-electron chi connectivity index (χ3n) is 6.71. The molecule has 1 aliphatic heterocycles. The van der Waals surface area contributed by atoms with Crippen molar-refractivity contribution in [1.82, 2.24) is 15.2 Å². The molecule has 5 rings (SSSR count). The Kier molecular flexibility index (Phi) is 5.22. The van der Waals surface area contributed by atoms with Crippen molar-refractivity contribution in [2.24, 2.45) is 0 Å². The van der Waals surface area contributed by atoms with Gasteiger partial charge in [-0.05, 0) is 60.7 Å². The Morgan fingerprint density at radius 1 is 1.03 bits per heavy atom. The summed E-state index contributed by atoms with van der Waals surface area (Å²) in [7, 11) is 3.36. The zero-order valence-corrected chi connectivity index (χ0v) is 18.1. The van der Waals surface area contributed by atoms with Gasteiger partial charge in [0.15, 0.2) is 0 Å². The van der Waals surface area contributed by atoms with E-state index in [4.69, 9.17) is 9.47 Å². The molecule has 0 radical (unpaired) electrons. The second-order valence-electron chi connectivity index (χ2n) is 8.48. The Morgan fingerprint density at radius 2 is 1.74 bits per heavy atom. The van der Waals surface area contributed by atoms with E-state index in [9.17, 15) is 4.79 Å². The Morgan fingerprint density at radius 3 is 2.45 bits per heavy atom. The number of hydrogen-bond acceptors (Lipinski definition) is 3. The van der Waals surface area contributed by atoms with Crippen LogP contribution in [0.15, 0.2) is 42.5 Å². The minimum atomic E-state index is -0.172. The average molecular weight is 420 g/mol. The van der Waals surface area contributed by atoms with E-state index in [1.165, 1.54) is 23.8 Å². The third kappa shape index (κ3) is 3.60. The zero-order valence-electron chi connectivity index (χ0n) is 18.1. The number of carbonyl (C=O) groups excluding carboxylic acids is 1. The quantitative estimate of drug-likeness (QED) is 0.639. The number of nitrogens with one attached hydrogen (secondary N) is 2. The molecule has 31 heavy (non-hydrogen) atoms. The van der Waals surface area contributed by atoms with Crippen LogP contribution >= 0.6 is 0 Å². The standard InChI is InChI=1S/C25H29N3O3/c1-30-18-9-7-16(8-10-18)24-23-20(21-15-19(31-2)11-12-22(21)27-23)13-14-28(24)25(29)26-17-5-3-4-6-17/h7-12,15,17,24,27H,3-6,13-14H2,1-2H3,(H,26,29). The first-order valence-corrected chi connectivity index (χ1v) is 11.1. The van der Waals surface area contributed by atoms with Crippen molar-refractivity contribution in [3.05, 3.63) is 59.3 Å². The lowest BCUT2D eigenvalue weighted by Crippen LogP contribution is -2.48. The van der Waals surface area contributed by atoms with Crippen molar-refractivity contribution < 1.29 is 14.3 Å². The Hall–Kier alpha value is -3.15. The monoisotopic (exact) mass is 419 g/mol. The lowest BCUT2D eigenvalue weighted by molar-refractivity contribution is 0.175. The number of H-pyrrole nitrogens is 1. The fourth-order valence-corrected chi connectivity index (χ4v) is 5.07. The number of ether oxygens (including phenoxy) is 2. The van der Waals surface area contributed by atoms with Gasteiger partial charge in [0.25, 0.3) is 0 Å². The van der Waals surface area contributed by atoms with Gasteiger partial charge in [-0.1, -0.05) is 25.0 Å². The van der Waals surface area contributed by atoms with Crippen molar-refractivity contribution in [2.45, 2.75) is 44.2 Å². The Balaban J connectivity index is 1.57. The van der Waals surface area contributed by atoms with E-state index in [0.717, 1.165) is 47.5 Å². The molecule has 1 unspecified atom stereocenters. The molecule has 0 spiro atoms. The summed E-state index contributed by atoms with van der Waals surface area (Å²) in [6.07, 6.45) is 5.35. The van der Waals surface area contributed by atoms with E-state index in [-0.39, 0.29) is 18.1 Å². The molecule has 0 bridgehead atoms. The Labute approximate surface area is 182 Å². The van der Waals surface area contributed by atoms with Crippen LogP contribution in [-0.4, -0.2) is 42.7 Å². The number of carbonyl (C=O) groups is 1. The molecule has 1 aromatic heterocycles. The summed E-state index contributed by atoms with van der Waals surface area (Å²) in [5.41, 5.74) is 4.49. The molecule has 2 amide bonds. The van der Waals surface area contributed by atoms with Gasteiger partial charge >= 0.3 is 6.03 Å². The number of benzene rings is 2. The molecule has 2 aromatic carbocycles. The Bertz CT molecular complexity index is 1080. The normalized spacial score (nSPS) is 18.8. The molecule has 6 heteroatoms. The number of rotatable bonds is 4. The summed E-state index contributed by atoms with van der Waals surface area (Å²) in [5, 5.41) is 4.45. The first-order chi connectivity index (χ1) is 15.2. The van der Waals surface area contributed by atoms with E-state index in [1.54, 1.807) is 14.2 Å². The molecule has 2 heterocycles. The third-order valence-corrected chi connectivity index (χ3v) is 6.71. The highest BCUT2D eigenvalue weighted by molar-refractivity contribution is 5.87. The van der Waals surface area contributed by atoms with Gasteiger partial charge in [-0.15, -0.1) is 0 Å². The van der Waals surface area contributed by atoms with Gasteiger partial charge in [0.2, 0.25) is 0 Å². The second-order valence-corrected chi connectivity index (χ2v) is 8.48. The molecular weight excluding hydrogens is 390 g/mol. The van der Waals surface area contributed by atoms with Crippen LogP contribution in [-0.2, 0) is 6.42 Å². The van der Waals surface area contributed by atoms with E-state index in [1.807, 2.05) is 23.1 Å². The van der Waals surface area contributed by atoms with Crippen LogP contribution < -0.4 is 14.8 Å². The highest BCUT2D eigenvalue weighted by Gasteiger charge is 2.35. The van der Waals surface area contributed by atoms with Gasteiger partial charge in [-0.25, -0.2) is 4.79 Å². The molecule has 2 aliphatic rings. The van der Waals surface area contributed by atoms with E-state index < -0.39 is 0 Å². The minimum absolute atomic E-state index is 0.0228. The number of fused-ring (bicyclic) bond motifs is 3. The number of nitrogens with zero attached hydrogens (tertiary/aromatic N) is 1. The molecule has 162 valence electrons. The number of amides is 2. The fourth-order valence-electron chi connectivity index (χ4n) is 5.07. The number of hydrogen-bond donors (Lipinski definition) is 2. The van der Waals surface area contributed by atoms with Crippen LogP contribution in [0.2, 0.25) is 0 Å². The highest BCUT2D eigenvalue weighted by atomic mass is 16.5. The first kappa shape index (κ1) is 19.8. The number of aromatic nitrogens is 1. The molecule has 2 N–H and O–H groups in total. The number of urea groups is 1. The van der Waals surface area contributed by atoms with Crippen molar-refractivity contribution >= 4 is 16.9 Å². The molecule has 1 fully saturated rings. The maximum Gasteiger partial charge on any atom is 0.318 e. The SMILES string of the molecule is COc1ccc(C2c3[nH]c4ccc(OC)cc4c3CCN2C(=O)NC2CCCC2)cc1. The topological polar surface area (TPSA) is 66.6 Å². The maximum atomic E-state index is 13.3. The van der Waals surface area contributed by atoms with Crippen LogP contribution in [0.25, 0.3) is 10.9 Å². The number of aromatic amines is 1. The predicted molar refractivity (Wildman–Crippen MR) is 121 cm³/mol. The van der Waals surface area contributed by atoms with Gasteiger partial charge in [0, 0.05) is 29.2 Å². The van der Waals surface area contributed by atoms with Crippen LogP contribution in [0, 0.1) is 0 Å². The summed E-state index contributed by atoms with van der Waals surface area (Å²) in [6, 6.07) is 14.3. The summed E-state index contributed by atoms with van der Waals surface area (Å²) >= 11 is 0. The molecular formula is C25H29N3O3. The van der Waals surface area contributed by atoms with Gasteiger partial charge < -0.3 is 24.7 Å². The number of methoxy groups -OCH3 is 2. The molecule has 6 nitrogen and oxygen atoms in total. The van der Waals surface area contributed by atoms with Gasteiger partial charge in [-0.3, -0.25) is 0 Å². The van der Waals surface area contributed by atoms with Crippen molar-refractivity contribution in [2.75, 3.05) is 20.8 Å². The first-order valence-electron chi connectivity index (χ1n) is 11.1. The predicted octanol–water partition coefficient (Wildman–Crippen LogP) is 4.78. The molecule has 3 aromatic rings. The van der Waals surface area contributed by atoms with Crippen molar-refractivity contribution in [1.29, 1.82) is 0 Å². The molecule has 1 aliphatic carbocycles. The minimum Gasteiger partial charge on any atom is -0.497 e. The largest absolute Gasteiger partial charge is 0.497 e. The molecule has 1 saturated carbocycles. The van der Waals surface area contributed by atoms with Crippen LogP contribution in [0.5, 0.6) is 11.5 Å². The molecule has 1 atom stereocenters. The van der Waals surface area contributed by atoms with Crippen LogP contribution in [0.4, 0.5) is 4.79 Å². The lowest BCUT2D eigenvalue weighted by atomic mass is 9.92. The van der Waals surface area contributed by atoms with E-state index >= 15 is 0 Å². The summed E-state index contributed by atoms with van der Waals surface area (Å²) in [6.45, 7) is 0.673. The highest BCUT2D eigenvalue weighted by Crippen LogP contribution is 2.40. The van der Waals surface area contributed by atoms with Crippen molar-refractivity contribution in [3.8, 4) is 11.5 Å². The summed E-state index contributed by atoms with van der Waals surface area (Å²) in [4.78, 5) is 18.9. The summed E-state index contributed by atoms with van der Waals surface area (Å²) < 4.78 is 10.8. The van der Waals surface area contributed by atoms with Gasteiger partial charge in [0.1, 0.15) is 11.5 Å². The van der Waals surface area contributed by atoms with Gasteiger partial charge in [-0.2, -0.15) is 0 Å². The van der Waals surface area contributed by atoms with E-state index in [2.05, 4.69) is 34.6 Å². The fraction of sp³-hybridized carbons (Fsp3) is 0.400. The van der Waals surface area contributed by atoms with Gasteiger partial charge in [0.05, 0.1) is 20.3 Å². The average Bonchev–Trinajstić information content (AvgIpc) is 3.45.